The number of carbonyl (C=O) groups is 1. The lowest BCUT2D eigenvalue weighted by Crippen LogP contribution is -2.40. The van der Waals surface area contributed by atoms with Crippen molar-refractivity contribution < 1.29 is 9.21 Å². The Morgan fingerprint density at radius 3 is 2.95 bits per heavy atom. The Kier molecular flexibility index (Phi) is 3.49. The van der Waals surface area contributed by atoms with Crippen LogP contribution < -0.4 is 10.6 Å². The van der Waals surface area contributed by atoms with Crippen molar-refractivity contribution in [1.82, 2.24) is 10.6 Å². The molecule has 5 nitrogen and oxygen atoms in total. The summed E-state index contributed by atoms with van der Waals surface area (Å²) in [5, 5.41) is 6.84. The van der Waals surface area contributed by atoms with Crippen LogP contribution in [0, 0.1) is 0 Å². The predicted molar refractivity (Wildman–Crippen MR) is 85.1 cm³/mol. The number of furan rings is 1. The van der Waals surface area contributed by atoms with Crippen LogP contribution in [0.3, 0.4) is 0 Å². The lowest BCUT2D eigenvalue weighted by molar-refractivity contribution is -0.124. The highest BCUT2D eigenvalue weighted by Gasteiger charge is 2.45. The van der Waals surface area contributed by atoms with Gasteiger partial charge in [0.15, 0.2) is 11.5 Å². The maximum absolute atomic E-state index is 12.3. The molecule has 2 heterocycles. The second kappa shape index (κ2) is 5.18. The van der Waals surface area contributed by atoms with Crippen LogP contribution in [0.1, 0.15) is 26.0 Å². The molecule has 0 aliphatic carbocycles. The Hall–Kier alpha value is -1.82. The molecule has 0 bridgehead atoms. The van der Waals surface area contributed by atoms with E-state index >= 15 is 0 Å². The van der Waals surface area contributed by atoms with Crippen molar-refractivity contribution >= 4 is 38.8 Å². The molecule has 6 heteroatoms. The SMILES string of the molecule is CCCN=C1NC(=O)C(C)(c2cc3cc(Br)ccc3o2)N1. The standard InChI is InChI=1S/C15H16BrN3O2/c1-3-6-17-14-18-13(20)15(2,19-14)12-8-9-7-10(16)4-5-11(9)21-12/h4-5,7-8H,3,6H2,1-2H3,(H2,17,18,19,20). The van der Waals surface area contributed by atoms with Gasteiger partial charge in [-0.25, -0.2) is 0 Å². The number of amides is 1. The van der Waals surface area contributed by atoms with E-state index in [9.17, 15) is 4.79 Å². The highest BCUT2D eigenvalue weighted by atomic mass is 79.9. The average molecular weight is 350 g/mol. The van der Waals surface area contributed by atoms with Gasteiger partial charge in [0.05, 0.1) is 0 Å². The number of fused-ring (bicyclic) bond motifs is 1. The van der Waals surface area contributed by atoms with Crippen LogP contribution in [0.5, 0.6) is 0 Å². The number of hydrogen-bond donors (Lipinski definition) is 2. The van der Waals surface area contributed by atoms with E-state index in [1.165, 1.54) is 0 Å². The van der Waals surface area contributed by atoms with Crippen LogP contribution in [0.2, 0.25) is 0 Å². The molecule has 1 aromatic heterocycles. The van der Waals surface area contributed by atoms with Crippen molar-refractivity contribution in [3.05, 3.63) is 34.5 Å². The Balaban J connectivity index is 1.98. The first-order valence-corrected chi connectivity index (χ1v) is 7.66. The van der Waals surface area contributed by atoms with Gasteiger partial charge >= 0.3 is 0 Å². The van der Waals surface area contributed by atoms with Crippen LogP contribution in [0.15, 0.2) is 38.1 Å². The Bertz CT molecular complexity index is 738. The van der Waals surface area contributed by atoms with E-state index in [1.54, 1.807) is 6.92 Å². The summed E-state index contributed by atoms with van der Waals surface area (Å²) in [6.07, 6.45) is 0.927. The van der Waals surface area contributed by atoms with Gasteiger partial charge in [-0.3, -0.25) is 15.1 Å². The minimum Gasteiger partial charge on any atom is -0.458 e. The van der Waals surface area contributed by atoms with Gasteiger partial charge in [0, 0.05) is 16.4 Å². The Morgan fingerprint density at radius 2 is 2.19 bits per heavy atom. The molecule has 1 aliphatic heterocycles. The van der Waals surface area contributed by atoms with E-state index in [1.807, 2.05) is 31.2 Å². The second-order valence-electron chi connectivity index (χ2n) is 5.23. The molecule has 1 unspecified atom stereocenters. The summed E-state index contributed by atoms with van der Waals surface area (Å²) in [6, 6.07) is 7.64. The third-order valence-corrected chi connectivity index (χ3v) is 4.01. The summed E-state index contributed by atoms with van der Waals surface area (Å²) in [6.45, 7) is 4.51. The number of carbonyl (C=O) groups excluding carboxylic acids is 1. The van der Waals surface area contributed by atoms with Crippen molar-refractivity contribution in [3.63, 3.8) is 0 Å². The van der Waals surface area contributed by atoms with Crippen LogP contribution >= 0.6 is 15.9 Å². The number of hydrogen-bond acceptors (Lipinski definition) is 3. The lowest BCUT2D eigenvalue weighted by Gasteiger charge is -2.17. The molecule has 1 aromatic carbocycles. The predicted octanol–water partition coefficient (Wildman–Crippen LogP) is 2.90. The number of nitrogens with one attached hydrogen (secondary N) is 2. The fourth-order valence-corrected chi connectivity index (χ4v) is 2.67. The van der Waals surface area contributed by atoms with E-state index in [0.717, 1.165) is 21.9 Å². The summed E-state index contributed by atoms with van der Waals surface area (Å²) in [5.74, 6) is 0.927. The van der Waals surface area contributed by atoms with Crippen LogP contribution in [0.25, 0.3) is 11.0 Å². The fourth-order valence-electron chi connectivity index (χ4n) is 2.29. The van der Waals surface area contributed by atoms with Gasteiger partial charge in [-0.05, 0) is 37.6 Å². The van der Waals surface area contributed by atoms with Crippen molar-refractivity contribution in [3.8, 4) is 0 Å². The van der Waals surface area contributed by atoms with E-state index in [0.29, 0.717) is 18.3 Å². The number of guanidine groups is 1. The topological polar surface area (TPSA) is 66.6 Å². The third kappa shape index (κ3) is 2.44. The maximum atomic E-state index is 12.3. The minimum absolute atomic E-state index is 0.157. The quantitative estimate of drug-likeness (QED) is 0.895. The molecule has 0 spiro atoms. The zero-order valence-corrected chi connectivity index (χ0v) is 13.5. The molecule has 2 aromatic rings. The van der Waals surface area contributed by atoms with Crippen molar-refractivity contribution in [2.75, 3.05) is 6.54 Å². The number of rotatable bonds is 3. The van der Waals surface area contributed by atoms with Gasteiger partial charge < -0.3 is 9.73 Å². The molecule has 1 amide bonds. The molecule has 0 saturated carbocycles. The summed E-state index contributed by atoms with van der Waals surface area (Å²) in [5.41, 5.74) is -0.180. The van der Waals surface area contributed by atoms with E-state index in [2.05, 4.69) is 31.6 Å². The molecule has 110 valence electrons. The van der Waals surface area contributed by atoms with Crippen LogP contribution in [-0.2, 0) is 10.3 Å². The summed E-state index contributed by atoms with van der Waals surface area (Å²) in [7, 11) is 0. The second-order valence-corrected chi connectivity index (χ2v) is 6.14. The molecular formula is C15H16BrN3O2. The number of benzene rings is 1. The lowest BCUT2D eigenvalue weighted by atomic mass is 9.99. The van der Waals surface area contributed by atoms with Gasteiger partial charge in [0.25, 0.3) is 5.91 Å². The number of aliphatic imine (C=N–C) groups is 1. The molecule has 1 saturated heterocycles. The summed E-state index contributed by atoms with van der Waals surface area (Å²) < 4.78 is 6.81. The highest BCUT2D eigenvalue weighted by Crippen LogP contribution is 2.31. The summed E-state index contributed by atoms with van der Waals surface area (Å²) in [4.78, 5) is 16.6. The monoisotopic (exact) mass is 349 g/mol. The van der Waals surface area contributed by atoms with Gasteiger partial charge in [0.2, 0.25) is 0 Å². The smallest absolute Gasteiger partial charge is 0.260 e. The van der Waals surface area contributed by atoms with E-state index < -0.39 is 5.54 Å². The normalized spacial score (nSPS) is 23.6. The van der Waals surface area contributed by atoms with Crippen molar-refractivity contribution in [2.24, 2.45) is 4.99 Å². The molecule has 2 N–H and O–H groups in total. The van der Waals surface area contributed by atoms with Gasteiger partial charge in [-0.15, -0.1) is 0 Å². The molecular weight excluding hydrogens is 334 g/mol. The zero-order chi connectivity index (χ0) is 15.0. The molecule has 1 aliphatic rings. The minimum atomic E-state index is -0.932. The van der Waals surface area contributed by atoms with E-state index in [4.69, 9.17) is 4.42 Å². The molecule has 1 atom stereocenters. The van der Waals surface area contributed by atoms with Crippen molar-refractivity contribution in [2.45, 2.75) is 25.8 Å². The number of halogens is 1. The first-order chi connectivity index (χ1) is 10.0. The van der Waals surface area contributed by atoms with Gasteiger partial charge in [-0.1, -0.05) is 22.9 Å². The summed E-state index contributed by atoms with van der Waals surface area (Å²) >= 11 is 3.43. The van der Waals surface area contributed by atoms with Crippen LogP contribution in [-0.4, -0.2) is 18.4 Å². The number of nitrogens with zero attached hydrogens (tertiary/aromatic N) is 1. The molecule has 21 heavy (non-hydrogen) atoms. The molecule has 0 radical (unpaired) electrons. The van der Waals surface area contributed by atoms with Crippen molar-refractivity contribution in [1.29, 1.82) is 0 Å². The largest absolute Gasteiger partial charge is 0.458 e. The Morgan fingerprint density at radius 1 is 1.38 bits per heavy atom. The average Bonchev–Trinajstić information content (AvgIpc) is 2.99. The van der Waals surface area contributed by atoms with E-state index in [-0.39, 0.29) is 5.91 Å². The third-order valence-electron chi connectivity index (χ3n) is 3.52. The highest BCUT2D eigenvalue weighted by molar-refractivity contribution is 9.10. The van der Waals surface area contributed by atoms with Crippen LogP contribution in [0.4, 0.5) is 0 Å². The molecule has 1 fully saturated rings. The maximum Gasteiger partial charge on any atom is 0.260 e. The fraction of sp³-hybridized carbons (Fsp3) is 0.333. The first-order valence-electron chi connectivity index (χ1n) is 6.86. The zero-order valence-electron chi connectivity index (χ0n) is 11.9. The van der Waals surface area contributed by atoms with Gasteiger partial charge in [-0.2, -0.15) is 0 Å². The first kappa shape index (κ1) is 14.1. The Labute approximate surface area is 130 Å². The van der Waals surface area contributed by atoms with Gasteiger partial charge in [0.1, 0.15) is 11.3 Å². The molecule has 3 rings (SSSR count).